The highest BCUT2D eigenvalue weighted by Gasteiger charge is 2.62. The summed E-state index contributed by atoms with van der Waals surface area (Å²) in [5.74, 6) is -0.326. The van der Waals surface area contributed by atoms with Gasteiger partial charge in [0.25, 0.3) is 11.5 Å². The Bertz CT molecular complexity index is 1240. The first-order valence-electron chi connectivity index (χ1n) is 9.85. The fraction of sp³-hybridized carbons (Fsp3) is 0.167. The van der Waals surface area contributed by atoms with E-state index in [2.05, 4.69) is 10.5 Å². The maximum absolute atomic E-state index is 14.2. The summed E-state index contributed by atoms with van der Waals surface area (Å²) in [7, 11) is 0. The van der Waals surface area contributed by atoms with Crippen molar-refractivity contribution >= 4 is 40.5 Å². The number of carbonyl (C=O) groups is 1. The Kier molecular flexibility index (Phi) is 6.12. The number of nitrogens with zero attached hydrogens (tertiary/aromatic N) is 1. The summed E-state index contributed by atoms with van der Waals surface area (Å²) in [6, 6.07) is 17.2. The minimum Gasteiger partial charge on any atom is -0.374 e. The van der Waals surface area contributed by atoms with E-state index in [-0.39, 0.29) is 27.2 Å². The molecule has 1 heterocycles. The van der Waals surface area contributed by atoms with Gasteiger partial charge < -0.3 is 10.2 Å². The van der Waals surface area contributed by atoms with Crippen molar-refractivity contribution < 1.29 is 22.8 Å². The van der Waals surface area contributed by atoms with E-state index in [4.69, 9.17) is 28.0 Å². The van der Waals surface area contributed by atoms with Crippen LogP contribution in [0, 0.1) is 6.92 Å². The second-order valence-electron chi connectivity index (χ2n) is 7.64. The normalized spacial score (nSPS) is 17.9. The van der Waals surface area contributed by atoms with Crippen LogP contribution in [0.5, 0.6) is 0 Å². The van der Waals surface area contributed by atoms with Crippen LogP contribution in [0.4, 0.5) is 18.9 Å². The molecular weight excluding hydrogens is 476 g/mol. The van der Waals surface area contributed by atoms with Gasteiger partial charge in [0, 0.05) is 38.8 Å². The van der Waals surface area contributed by atoms with E-state index in [0.29, 0.717) is 16.8 Å². The van der Waals surface area contributed by atoms with Gasteiger partial charge in [0.2, 0.25) is 0 Å². The minimum atomic E-state index is -4.79. The zero-order valence-electron chi connectivity index (χ0n) is 17.2. The van der Waals surface area contributed by atoms with Crippen molar-refractivity contribution in [3.05, 3.63) is 99.0 Å². The summed E-state index contributed by atoms with van der Waals surface area (Å²) < 4.78 is 42.6. The van der Waals surface area contributed by atoms with Gasteiger partial charge in [-0.25, -0.2) is 0 Å². The second-order valence-corrected chi connectivity index (χ2v) is 8.51. The van der Waals surface area contributed by atoms with Crippen molar-refractivity contribution in [2.45, 2.75) is 25.1 Å². The van der Waals surface area contributed by atoms with Crippen LogP contribution in [0.1, 0.15) is 33.5 Å². The fourth-order valence-electron chi connectivity index (χ4n) is 3.65. The standard InChI is InChI=1S/C24H17Cl2F3N2O2/c1-14-5-2-3-8-20(14)22(32)30-19-7-4-6-15(9-19)21-13-23(33-31-21,24(27,28)29)16-10-17(25)12-18(26)11-16/h2-12H,13H2,1H3,(H,30,32). The summed E-state index contributed by atoms with van der Waals surface area (Å²) in [6.45, 7) is 1.81. The first-order chi connectivity index (χ1) is 15.6. The molecular formula is C24H17Cl2F3N2O2. The summed E-state index contributed by atoms with van der Waals surface area (Å²) in [6.07, 6.45) is -5.37. The second kappa shape index (κ2) is 8.72. The molecule has 0 spiro atoms. The number of alkyl halides is 3. The third-order valence-electron chi connectivity index (χ3n) is 5.36. The van der Waals surface area contributed by atoms with E-state index in [1.54, 1.807) is 36.4 Å². The predicted molar refractivity (Wildman–Crippen MR) is 122 cm³/mol. The molecule has 1 N–H and O–H groups in total. The van der Waals surface area contributed by atoms with Crippen molar-refractivity contribution in [1.82, 2.24) is 0 Å². The summed E-state index contributed by atoms with van der Waals surface area (Å²) in [5.41, 5.74) is -0.786. The number of rotatable bonds is 4. The molecule has 3 aromatic carbocycles. The molecule has 0 aromatic heterocycles. The van der Waals surface area contributed by atoms with Crippen LogP contribution in [0.3, 0.4) is 0 Å². The highest BCUT2D eigenvalue weighted by molar-refractivity contribution is 6.34. The number of amides is 1. The number of hydrogen-bond acceptors (Lipinski definition) is 3. The maximum atomic E-state index is 14.2. The zero-order valence-corrected chi connectivity index (χ0v) is 18.7. The molecule has 1 aliphatic rings. The summed E-state index contributed by atoms with van der Waals surface area (Å²) >= 11 is 11.9. The van der Waals surface area contributed by atoms with Gasteiger partial charge in [-0.1, -0.05) is 58.7 Å². The molecule has 1 amide bonds. The van der Waals surface area contributed by atoms with Crippen molar-refractivity contribution in [3.63, 3.8) is 0 Å². The third-order valence-corrected chi connectivity index (χ3v) is 5.79. The lowest BCUT2D eigenvalue weighted by atomic mass is 9.86. The van der Waals surface area contributed by atoms with Gasteiger partial charge >= 0.3 is 6.18 Å². The molecule has 0 aliphatic carbocycles. The molecule has 0 bridgehead atoms. The van der Waals surface area contributed by atoms with Crippen molar-refractivity contribution in [1.29, 1.82) is 0 Å². The number of hydrogen-bond donors (Lipinski definition) is 1. The predicted octanol–water partition coefficient (Wildman–Crippen LogP) is 7.14. The van der Waals surface area contributed by atoms with E-state index < -0.39 is 18.2 Å². The number of carbonyl (C=O) groups excluding carboxylic acids is 1. The van der Waals surface area contributed by atoms with Crippen LogP contribution in [0.2, 0.25) is 10.0 Å². The SMILES string of the molecule is Cc1ccccc1C(=O)Nc1cccc(C2=NOC(c3cc(Cl)cc(Cl)c3)(C(F)(F)F)C2)c1. The fourth-order valence-corrected chi connectivity index (χ4v) is 4.17. The highest BCUT2D eigenvalue weighted by atomic mass is 35.5. The lowest BCUT2D eigenvalue weighted by Gasteiger charge is -2.29. The van der Waals surface area contributed by atoms with Crippen LogP contribution in [-0.2, 0) is 10.4 Å². The Morgan fingerprint density at radius 3 is 2.39 bits per heavy atom. The molecule has 9 heteroatoms. The van der Waals surface area contributed by atoms with Crippen LogP contribution in [0.15, 0.2) is 71.9 Å². The maximum Gasteiger partial charge on any atom is 0.435 e. The first-order valence-corrected chi connectivity index (χ1v) is 10.6. The van der Waals surface area contributed by atoms with Crippen LogP contribution < -0.4 is 5.32 Å². The lowest BCUT2D eigenvalue weighted by Crippen LogP contribution is -2.42. The van der Waals surface area contributed by atoms with Gasteiger partial charge in [-0.15, -0.1) is 0 Å². The smallest absolute Gasteiger partial charge is 0.374 e. The largest absolute Gasteiger partial charge is 0.435 e. The van der Waals surface area contributed by atoms with Gasteiger partial charge in [-0.2, -0.15) is 13.2 Å². The average molecular weight is 493 g/mol. The molecule has 1 atom stereocenters. The molecule has 0 saturated heterocycles. The monoisotopic (exact) mass is 492 g/mol. The molecule has 1 aliphatic heterocycles. The van der Waals surface area contributed by atoms with E-state index in [0.717, 1.165) is 17.7 Å². The quantitative estimate of drug-likeness (QED) is 0.420. The number of benzene rings is 3. The van der Waals surface area contributed by atoms with E-state index in [1.807, 2.05) is 19.1 Å². The van der Waals surface area contributed by atoms with Gasteiger partial charge in [0.15, 0.2) is 0 Å². The lowest BCUT2D eigenvalue weighted by molar-refractivity contribution is -0.275. The molecule has 0 fully saturated rings. The summed E-state index contributed by atoms with van der Waals surface area (Å²) in [4.78, 5) is 17.6. The minimum absolute atomic E-state index is 0.0547. The van der Waals surface area contributed by atoms with Crippen LogP contribution in [0.25, 0.3) is 0 Å². The Morgan fingerprint density at radius 2 is 1.73 bits per heavy atom. The molecule has 4 nitrogen and oxygen atoms in total. The van der Waals surface area contributed by atoms with Crippen LogP contribution in [-0.4, -0.2) is 17.8 Å². The number of aryl methyl sites for hydroxylation is 1. The topological polar surface area (TPSA) is 50.7 Å². The number of nitrogens with one attached hydrogen (secondary N) is 1. The van der Waals surface area contributed by atoms with E-state index >= 15 is 0 Å². The molecule has 170 valence electrons. The Morgan fingerprint density at radius 1 is 1.03 bits per heavy atom. The number of anilines is 1. The molecule has 3 aromatic rings. The highest BCUT2D eigenvalue weighted by Crippen LogP contribution is 2.49. The Labute approximate surface area is 198 Å². The molecule has 33 heavy (non-hydrogen) atoms. The van der Waals surface area contributed by atoms with Crippen molar-refractivity contribution in [3.8, 4) is 0 Å². The van der Waals surface area contributed by atoms with Gasteiger partial charge in [-0.05, 0) is 48.9 Å². The Hall–Kier alpha value is -3.03. The van der Waals surface area contributed by atoms with Crippen molar-refractivity contribution in [2.75, 3.05) is 5.32 Å². The van der Waals surface area contributed by atoms with Gasteiger partial charge in [0.1, 0.15) is 0 Å². The van der Waals surface area contributed by atoms with E-state index in [1.165, 1.54) is 6.07 Å². The molecule has 0 radical (unpaired) electrons. The van der Waals surface area contributed by atoms with Crippen molar-refractivity contribution in [2.24, 2.45) is 5.16 Å². The third kappa shape index (κ3) is 4.56. The molecule has 0 saturated carbocycles. The van der Waals surface area contributed by atoms with E-state index in [9.17, 15) is 18.0 Å². The molecule has 4 rings (SSSR count). The molecule has 1 unspecified atom stereocenters. The first kappa shape index (κ1) is 23.1. The van der Waals surface area contributed by atoms with Gasteiger partial charge in [-0.3, -0.25) is 4.79 Å². The van der Waals surface area contributed by atoms with Gasteiger partial charge in [0.05, 0.1) is 5.71 Å². The number of halogens is 5. The summed E-state index contributed by atoms with van der Waals surface area (Å²) in [5, 5.41) is 6.63. The number of oxime groups is 1. The average Bonchev–Trinajstić information content (AvgIpc) is 3.21. The Balaban J connectivity index is 1.62. The zero-order chi connectivity index (χ0) is 23.8. The van der Waals surface area contributed by atoms with Crippen LogP contribution >= 0.6 is 23.2 Å².